The number of fused-ring (bicyclic) bond motifs is 1. The van der Waals surface area contributed by atoms with Crippen LogP contribution in [0.5, 0.6) is 11.5 Å². The van der Waals surface area contributed by atoms with Gasteiger partial charge in [-0.25, -0.2) is 0 Å². The first-order valence-electron chi connectivity index (χ1n) is 9.06. The van der Waals surface area contributed by atoms with Crippen molar-refractivity contribution >= 4 is 28.2 Å². The number of ether oxygens (including phenoxy) is 2. The van der Waals surface area contributed by atoms with E-state index >= 15 is 0 Å². The summed E-state index contributed by atoms with van der Waals surface area (Å²) >= 11 is 2.60. The third-order valence-electron chi connectivity index (χ3n) is 5.48. The molecule has 0 saturated carbocycles. The number of nitrogens with one attached hydrogen (secondary N) is 1. The van der Waals surface area contributed by atoms with E-state index in [0.717, 1.165) is 36.6 Å². The fourth-order valence-corrected chi connectivity index (χ4v) is 5.43. The molecule has 2 aliphatic rings. The van der Waals surface area contributed by atoms with Crippen LogP contribution in [-0.2, 0) is 6.42 Å². The molecule has 2 aromatic carbocycles. The van der Waals surface area contributed by atoms with E-state index in [2.05, 4.69) is 65.7 Å². The van der Waals surface area contributed by atoms with Gasteiger partial charge in [-0.15, -0.1) is 0 Å². The van der Waals surface area contributed by atoms with Crippen LogP contribution in [0.1, 0.15) is 41.1 Å². The fourth-order valence-electron chi connectivity index (χ4n) is 4.12. The smallest absolute Gasteiger partial charge is 0.126 e. The standard InChI is InChI=1S/C22H24INO2/c1-13(2)16-8-9-17(22-18(16)10-11-26-22)19-12-24-21(20(19)23)14-4-6-15(25-3)7-5-14/h4-9,19-21,24H,1,10-12H2,2-3H3. The quantitative estimate of drug-likeness (QED) is 0.520. The highest BCUT2D eigenvalue weighted by Gasteiger charge is 2.38. The minimum absolute atomic E-state index is 0.337. The maximum atomic E-state index is 6.06. The second kappa shape index (κ2) is 7.24. The average molecular weight is 461 g/mol. The van der Waals surface area contributed by atoms with Gasteiger partial charge in [0.1, 0.15) is 11.5 Å². The van der Waals surface area contributed by atoms with Gasteiger partial charge in [-0.1, -0.05) is 59.0 Å². The molecule has 0 radical (unpaired) electrons. The zero-order valence-electron chi connectivity index (χ0n) is 15.2. The van der Waals surface area contributed by atoms with E-state index in [1.165, 1.54) is 22.3 Å². The Kier molecular flexibility index (Phi) is 4.97. The third kappa shape index (κ3) is 3.03. The van der Waals surface area contributed by atoms with Crippen molar-refractivity contribution in [2.24, 2.45) is 0 Å². The summed E-state index contributed by atoms with van der Waals surface area (Å²) in [6.45, 7) is 7.95. The monoisotopic (exact) mass is 461 g/mol. The minimum Gasteiger partial charge on any atom is -0.497 e. The molecule has 4 heteroatoms. The summed E-state index contributed by atoms with van der Waals surface area (Å²) in [4.78, 5) is 0. The van der Waals surface area contributed by atoms with Crippen molar-refractivity contribution in [3.8, 4) is 11.5 Å². The van der Waals surface area contributed by atoms with E-state index < -0.39 is 0 Å². The summed E-state index contributed by atoms with van der Waals surface area (Å²) < 4.78 is 11.8. The molecule has 1 N–H and O–H groups in total. The predicted molar refractivity (Wildman–Crippen MR) is 115 cm³/mol. The second-order valence-electron chi connectivity index (χ2n) is 7.10. The van der Waals surface area contributed by atoms with Crippen LogP contribution in [0.3, 0.4) is 0 Å². The van der Waals surface area contributed by atoms with Crippen molar-refractivity contribution in [1.82, 2.24) is 5.32 Å². The molecule has 0 aliphatic carbocycles. The first-order chi connectivity index (χ1) is 12.6. The molecular formula is C22H24INO2. The van der Waals surface area contributed by atoms with E-state index in [1.807, 2.05) is 12.1 Å². The maximum Gasteiger partial charge on any atom is 0.126 e. The van der Waals surface area contributed by atoms with Gasteiger partial charge in [-0.3, -0.25) is 0 Å². The first kappa shape index (κ1) is 17.9. The molecule has 2 aromatic rings. The number of halogens is 1. The van der Waals surface area contributed by atoms with E-state index in [-0.39, 0.29) is 0 Å². The highest BCUT2D eigenvalue weighted by atomic mass is 127. The highest BCUT2D eigenvalue weighted by Crippen LogP contribution is 2.46. The first-order valence-corrected chi connectivity index (χ1v) is 10.3. The number of rotatable bonds is 4. The van der Waals surface area contributed by atoms with E-state index in [9.17, 15) is 0 Å². The van der Waals surface area contributed by atoms with Crippen LogP contribution in [0.25, 0.3) is 5.57 Å². The van der Waals surface area contributed by atoms with Crippen LogP contribution in [-0.4, -0.2) is 24.2 Å². The molecule has 2 aliphatic heterocycles. The molecule has 26 heavy (non-hydrogen) atoms. The Hall–Kier alpha value is -1.53. The van der Waals surface area contributed by atoms with Gasteiger partial charge in [0.15, 0.2) is 0 Å². The van der Waals surface area contributed by atoms with Crippen LogP contribution in [0, 0.1) is 0 Å². The summed E-state index contributed by atoms with van der Waals surface area (Å²) in [5.41, 5.74) is 6.36. The van der Waals surface area contributed by atoms with Crippen LogP contribution >= 0.6 is 22.6 Å². The molecule has 3 atom stereocenters. The Morgan fingerprint density at radius 2 is 2.00 bits per heavy atom. The highest BCUT2D eigenvalue weighted by molar-refractivity contribution is 14.1. The summed E-state index contributed by atoms with van der Waals surface area (Å²) in [5, 5.41) is 3.72. The number of methoxy groups -OCH3 is 1. The lowest BCUT2D eigenvalue weighted by Crippen LogP contribution is -2.17. The van der Waals surface area contributed by atoms with Gasteiger partial charge < -0.3 is 14.8 Å². The second-order valence-corrected chi connectivity index (χ2v) is 8.54. The van der Waals surface area contributed by atoms with Gasteiger partial charge >= 0.3 is 0 Å². The number of allylic oxidation sites excluding steroid dienone is 1. The molecule has 0 amide bonds. The van der Waals surface area contributed by atoms with Gasteiger partial charge in [0.05, 0.1) is 13.7 Å². The van der Waals surface area contributed by atoms with E-state index in [0.29, 0.717) is 15.9 Å². The number of benzene rings is 2. The topological polar surface area (TPSA) is 30.5 Å². The molecule has 2 heterocycles. The third-order valence-corrected chi connectivity index (χ3v) is 7.07. The number of hydrogen-bond donors (Lipinski definition) is 1. The lowest BCUT2D eigenvalue weighted by atomic mass is 9.89. The lowest BCUT2D eigenvalue weighted by molar-refractivity contribution is 0.351. The fraction of sp³-hybridized carbons (Fsp3) is 0.364. The van der Waals surface area contributed by atoms with Crippen LogP contribution in [0.15, 0.2) is 43.0 Å². The molecule has 0 bridgehead atoms. The van der Waals surface area contributed by atoms with Gasteiger partial charge in [0.2, 0.25) is 0 Å². The summed E-state index contributed by atoms with van der Waals surface area (Å²) in [7, 11) is 1.70. The van der Waals surface area contributed by atoms with Gasteiger partial charge in [-0.2, -0.15) is 0 Å². The SMILES string of the molecule is C=C(C)c1ccc(C2CNC(c3ccc(OC)cc3)C2I)c2c1CCO2. The Labute approximate surface area is 168 Å². The molecule has 4 rings (SSSR count). The van der Waals surface area contributed by atoms with Crippen molar-refractivity contribution in [3.63, 3.8) is 0 Å². The Morgan fingerprint density at radius 1 is 1.23 bits per heavy atom. The Morgan fingerprint density at radius 3 is 2.69 bits per heavy atom. The molecule has 1 saturated heterocycles. The van der Waals surface area contributed by atoms with Crippen molar-refractivity contribution in [2.75, 3.05) is 20.3 Å². The van der Waals surface area contributed by atoms with Crippen LogP contribution in [0.2, 0.25) is 0 Å². The lowest BCUT2D eigenvalue weighted by Gasteiger charge is -2.21. The molecule has 1 fully saturated rings. The molecule has 3 unspecified atom stereocenters. The zero-order chi connectivity index (χ0) is 18.3. The van der Waals surface area contributed by atoms with Crippen molar-refractivity contribution in [1.29, 1.82) is 0 Å². The number of hydrogen-bond acceptors (Lipinski definition) is 3. The average Bonchev–Trinajstić information content (AvgIpc) is 3.28. The Balaban J connectivity index is 1.63. The Bertz CT molecular complexity index is 831. The molecule has 0 spiro atoms. The normalized spacial score (nSPS) is 24.2. The molecule has 0 aromatic heterocycles. The summed E-state index contributed by atoms with van der Waals surface area (Å²) in [6.07, 6.45) is 0.985. The molecule has 3 nitrogen and oxygen atoms in total. The molecular weight excluding hydrogens is 437 g/mol. The summed E-state index contributed by atoms with van der Waals surface area (Å²) in [5.74, 6) is 2.44. The minimum atomic E-state index is 0.337. The predicted octanol–water partition coefficient (Wildman–Crippen LogP) is 4.89. The van der Waals surface area contributed by atoms with Crippen molar-refractivity contribution in [3.05, 3.63) is 65.2 Å². The van der Waals surface area contributed by atoms with Gasteiger partial charge in [0, 0.05) is 34.4 Å². The van der Waals surface area contributed by atoms with Crippen molar-refractivity contribution < 1.29 is 9.47 Å². The number of alkyl halides is 1. The largest absolute Gasteiger partial charge is 0.497 e. The van der Waals surface area contributed by atoms with Gasteiger partial charge in [-0.05, 0) is 35.7 Å². The van der Waals surface area contributed by atoms with Gasteiger partial charge in [0.25, 0.3) is 0 Å². The summed E-state index contributed by atoms with van der Waals surface area (Å²) in [6, 6.07) is 13.2. The van der Waals surface area contributed by atoms with E-state index in [1.54, 1.807) is 7.11 Å². The maximum absolute atomic E-state index is 6.06. The van der Waals surface area contributed by atoms with E-state index in [4.69, 9.17) is 9.47 Å². The van der Waals surface area contributed by atoms with Crippen LogP contribution < -0.4 is 14.8 Å². The zero-order valence-corrected chi connectivity index (χ0v) is 17.4. The van der Waals surface area contributed by atoms with Crippen LogP contribution in [0.4, 0.5) is 0 Å². The van der Waals surface area contributed by atoms with Crippen molar-refractivity contribution in [2.45, 2.75) is 29.2 Å². The molecule has 136 valence electrons.